The van der Waals surface area contributed by atoms with E-state index in [2.05, 4.69) is 11.7 Å². The Balaban J connectivity index is 0.00000258. The fourth-order valence-electron chi connectivity index (χ4n) is 2.49. The molecule has 0 atom stereocenters. The van der Waals surface area contributed by atoms with Crippen LogP contribution in [-0.2, 0) is 11.2 Å². The van der Waals surface area contributed by atoms with E-state index in [0.29, 0.717) is 16.5 Å². The molecule has 0 radical (unpaired) electrons. The first-order valence-corrected chi connectivity index (χ1v) is 12.2. The van der Waals surface area contributed by atoms with Crippen LogP contribution in [0, 0.1) is 0 Å². The lowest BCUT2D eigenvalue weighted by atomic mass is 10.00. The number of allylic oxidation sites excluding steroid dienone is 5. The summed E-state index contributed by atoms with van der Waals surface area (Å²) < 4.78 is 5.02. The second-order valence-electron chi connectivity index (χ2n) is 5.91. The molecule has 0 aliphatic heterocycles. The van der Waals surface area contributed by atoms with E-state index < -0.39 is 5.78 Å². The highest BCUT2D eigenvalue weighted by Crippen LogP contribution is 2.24. The van der Waals surface area contributed by atoms with E-state index in [-0.39, 0.29) is 45.6 Å². The average molecular weight is 551 g/mol. The van der Waals surface area contributed by atoms with Gasteiger partial charge in [-0.3, -0.25) is 9.59 Å². The van der Waals surface area contributed by atoms with Crippen molar-refractivity contribution in [1.82, 2.24) is 5.16 Å². The molecule has 1 aromatic heterocycles. The summed E-state index contributed by atoms with van der Waals surface area (Å²) in [5.74, 6) is -0.528. The molecule has 0 aliphatic carbocycles. The monoisotopic (exact) mass is 549 g/mol. The molecule has 0 unspecified atom stereocenters. The lowest BCUT2D eigenvalue weighted by Gasteiger charge is -2.03. The second-order valence-corrected chi connectivity index (χ2v) is 7.52. The van der Waals surface area contributed by atoms with E-state index in [1.165, 1.54) is 31.4 Å². The molecule has 2 rings (SSSR count). The highest BCUT2D eigenvalue weighted by Gasteiger charge is 2.34. The fraction of sp³-hybridized carbons (Fsp3) is 0.333. The Morgan fingerprint density at radius 3 is 2.32 bits per heavy atom. The maximum absolute atomic E-state index is 12.9. The number of Topliss-reactive ketones (excluding diaryl/α,β-unsaturated/α-hetero) is 1. The van der Waals surface area contributed by atoms with Gasteiger partial charge in [0.1, 0.15) is 12.0 Å². The standard InChI is InChI=1S/C20H17Cl4N2O4.2C2H6/c1-12(22)9-13(5-3-4-8-21)18(27)11-17-19(25-30-26(17)29-2)20(28)14-6-7-15(23)16(24)10-14;2*1-2/h3-4,6-7,9-10H,1,5,8,11H2,2H3;2*1-2H3/q+1;;/b4-3-,13-9+;;. The maximum Gasteiger partial charge on any atom is 0.322 e. The Kier molecular flexibility index (Phi) is 16.3. The number of halogens is 4. The second kappa shape index (κ2) is 17.3. The number of nitrogens with zero attached hydrogens (tertiary/aromatic N) is 2. The predicted octanol–water partition coefficient (Wildman–Crippen LogP) is 6.59. The zero-order chi connectivity index (χ0) is 26.3. The molecule has 6 nitrogen and oxygen atoms in total. The lowest BCUT2D eigenvalue weighted by molar-refractivity contribution is -1.02. The fourth-order valence-corrected chi connectivity index (χ4v) is 3.04. The Morgan fingerprint density at radius 1 is 1.15 bits per heavy atom. The van der Waals surface area contributed by atoms with E-state index >= 15 is 0 Å². The molecule has 0 saturated carbocycles. The third-order valence-electron chi connectivity index (χ3n) is 3.87. The van der Waals surface area contributed by atoms with Crippen molar-refractivity contribution < 1.29 is 24.0 Å². The minimum Gasteiger partial charge on any atom is -0.305 e. The van der Waals surface area contributed by atoms with Crippen LogP contribution >= 0.6 is 46.4 Å². The van der Waals surface area contributed by atoms with Gasteiger partial charge >= 0.3 is 5.69 Å². The van der Waals surface area contributed by atoms with Gasteiger partial charge in [-0.2, -0.15) is 0 Å². The highest BCUT2D eigenvalue weighted by atomic mass is 35.5. The van der Waals surface area contributed by atoms with Crippen molar-refractivity contribution in [2.24, 2.45) is 0 Å². The molecule has 0 spiro atoms. The molecular formula is C24H29Cl4N2O4+. The van der Waals surface area contributed by atoms with Crippen molar-refractivity contribution >= 4 is 58.0 Å². The van der Waals surface area contributed by atoms with Crippen LogP contribution in [0.1, 0.15) is 55.9 Å². The Hall–Kier alpha value is -2.12. The summed E-state index contributed by atoms with van der Waals surface area (Å²) >= 11 is 23.4. The van der Waals surface area contributed by atoms with E-state index in [1.807, 2.05) is 27.7 Å². The van der Waals surface area contributed by atoms with Crippen LogP contribution in [0.4, 0.5) is 0 Å². The van der Waals surface area contributed by atoms with Gasteiger partial charge in [0.05, 0.1) is 16.5 Å². The highest BCUT2D eigenvalue weighted by molar-refractivity contribution is 6.42. The zero-order valence-corrected chi connectivity index (χ0v) is 22.9. The molecule has 1 aromatic carbocycles. The minimum atomic E-state index is -0.509. The molecule has 2 aromatic rings. The van der Waals surface area contributed by atoms with Gasteiger partial charge in [-0.05, 0) is 35.3 Å². The average Bonchev–Trinajstić information content (AvgIpc) is 3.24. The van der Waals surface area contributed by atoms with Gasteiger partial charge in [0, 0.05) is 22.0 Å². The number of carbonyl (C=O) groups excluding carboxylic acids is 2. The van der Waals surface area contributed by atoms with Crippen molar-refractivity contribution in [3.8, 4) is 0 Å². The lowest BCUT2D eigenvalue weighted by Crippen LogP contribution is -2.43. The van der Waals surface area contributed by atoms with Crippen LogP contribution in [0.15, 0.2) is 58.2 Å². The first kappa shape index (κ1) is 31.9. The first-order valence-electron chi connectivity index (χ1n) is 10.5. The van der Waals surface area contributed by atoms with Crippen molar-refractivity contribution in [3.63, 3.8) is 0 Å². The van der Waals surface area contributed by atoms with Gasteiger partial charge in [-0.15, -0.1) is 11.6 Å². The molecule has 0 saturated heterocycles. The molecule has 186 valence electrons. The largest absolute Gasteiger partial charge is 0.322 e. The van der Waals surface area contributed by atoms with Crippen LogP contribution < -0.4 is 9.74 Å². The summed E-state index contributed by atoms with van der Waals surface area (Å²) in [6.45, 7) is 11.6. The molecule has 34 heavy (non-hydrogen) atoms. The smallest absolute Gasteiger partial charge is 0.305 e. The summed E-state index contributed by atoms with van der Waals surface area (Å²) in [5.41, 5.74) is 0.632. The molecule has 0 N–H and O–H groups in total. The van der Waals surface area contributed by atoms with Crippen LogP contribution in [0.5, 0.6) is 0 Å². The molecule has 0 aliphatic rings. The van der Waals surface area contributed by atoms with Gasteiger partial charge in [0.25, 0.3) is 5.69 Å². The summed E-state index contributed by atoms with van der Waals surface area (Å²) in [5, 5.41) is 4.46. The van der Waals surface area contributed by atoms with Gasteiger partial charge in [0.2, 0.25) is 5.78 Å². The molecule has 0 bridgehead atoms. The van der Waals surface area contributed by atoms with Crippen LogP contribution in [-0.4, -0.2) is 29.7 Å². The van der Waals surface area contributed by atoms with Gasteiger partial charge in [-0.25, -0.2) is 0 Å². The van der Waals surface area contributed by atoms with E-state index in [4.69, 9.17) is 55.9 Å². The van der Waals surface area contributed by atoms with Crippen LogP contribution in [0.3, 0.4) is 0 Å². The topological polar surface area (TPSA) is 73.3 Å². The van der Waals surface area contributed by atoms with Crippen molar-refractivity contribution in [2.45, 2.75) is 40.5 Å². The van der Waals surface area contributed by atoms with Gasteiger partial charge in [0.15, 0.2) is 10.9 Å². The first-order chi connectivity index (χ1) is 16.3. The van der Waals surface area contributed by atoms with Crippen molar-refractivity contribution in [2.75, 3.05) is 13.0 Å². The Morgan fingerprint density at radius 2 is 1.79 bits per heavy atom. The summed E-state index contributed by atoms with van der Waals surface area (Å²) in [6, 6.07) is 4.39. The summed E-state index contributed by atoms with van der Waals surface area (Å²) in [4.78, 5) is 31.8. The molecule has 10 heteroatoms. The number of benzene rings is 1. The number of hydrogen-bond acceptors (Lipinski definition) is 5. The summed E-state index contributed by atoms with van der Waals surface area (Å²) in [6.07, 6.45) is 4.94. The zero-order valence-electron chi connectivity index (χ0n) is 19.8. The normalized spacial score (nSPS) is 10.7. The van der Waals surface area contributed by atoms with Gasteiger partial charge < -0.3 is 4.84 Å². The molecule has 0 amide bonds. The number of aromatic nitrogens is 2. The number of ketones is 2. The quantitative estimate of drug-likeness (QED) is 0.110. The minimum absolute atomic E-state index is 0.0936. The molecule has 0 fully saturated rings. The van der Waals surface area contributed by atoms with Crippen LogP contribution in [0.25, 0.3) is 0 Å². The molecule has 1 heterocycles. The SMILES string of the molecule is C=C(Cl)/C=C(\C/C=C\CCl)C(=O)Cc1c(C(=O)c2ccc(Cl)c(Cl)c2)no[n+]1OC.CC.CC. The number of hydrogen-bond donors (Lipinski definition) is 0. The number of carbonyl (C=O) groups is 2. The van der Waals surface area contributed by atoms with Crippen LogP contribution in [0.2, 0.25) is 10.0 Å². The third-order valence-corrected chi connectivity index (χ3v) is 4.90. The number of alkyl halides is 1. The van der Waals surface area contributed by atoms with E-state index in [1.54, 1.807) is 12.2 Å². The number of rotatable bonds is 10. The summed E-state index contributed by atoms with van der Waals surface area (Å²) in [7, 11) is 1.31. The Labute approximate surface area is 220 Å². The third kappa shape index (κ3) is 9.63. The Bertz CT molecular complexity index is 1030. The van der Waals surface area contributed by atoms with E-state index in [9.17, 15) is 9.59 Å². The van der Waals surface area contributed by atoms with Crippen molar-refractivity contribution in [3.05, 3.63) is 80.6 Å². The van der Waals surface area contributed by atoms with Crippen molar-refractivity contribution in [1.29, 1.82) is 0 Å². The van der Waals surface area contributed by atoms with Gasteiger partial charge in [-0.1, -0.05) is 81.2 Å². The predicted molar refractivity (Wildman–Crippen MR) is 138 cm³/mol. The maximum atomic E-state index is 12.9. The molecular weight excluding hydrogens is 522 g/mol. The van der Waals surface area contributed by atoms with E-state index in [0.717, 1.165) is 4.90 Å².